The second-order valence-corrected chi connectivity index (χ2v) is 10.6. The van der Waals surface area contributed by atoms with Crippen LogP contribution in [0.1, 0.15) is 22.3 Å². The van der Waals surface area contributed by atoms with Crippen molar-refractivity contribution in [2.24, 2.45) is 0 Å². The van der Waals surface area contributed by atoms with Gasteiger partial charge in [-0.3, -0.25) is 14.5 Å². The summed E-state index contributed by atoms with van der Waals surface area (Å²) >= 11 is 13.2. The molecule has 6 nitrogen and oxygen atoms in total. The smallest absolute Gasteiger partial charge is 0.270 e. The van der Waals surface area contributed by atoms with Gasteiger partial charge in [0.1, 0.15) is 0 Å². The molecule has 0 radical (unpaired) electrons. The number of amides is 2. The maximum atomic E-state index is 13.2. The number of aryl methyl sites for hydroxylation is 3. The summed E-state index contributed by atoms with van der Waals surface area (Å²) in [6.07, 6.45) is 1.71. The number of hydrogen-bond acceptors (Lipinski definition) is 6. The predicted molar refractivity (Wildman–Crippen MR) is 155 cm³/mol. The van der Waals surface area contributed by atoms with Gasteiger partial charge >= 0.3 is 0 Å². The molecule has 1 aliphatic heterocycles. The van der Waals surface area contributed by atoms with Crippen molar-refractivity contribution in [3.8, 4) is 11.5 Å². The number of nitrogens with one attached hydrogen (secondary N) is 1. The fraction of sp³-hybridized carbons (Fsp3) is 0.179. The number of carbonyl (C=O) groups excluding carboxylic acids is 2. The molecule has 0 saturated carbocycles. The molecule has 37 heavy (non-hydrogen) atoms. The molecule has 1 fully saturated rings. The molecule has 3 aromatic rings. The quantitative estimate of drug-likeness (QED) is 0.260. The van der Waals surface area contributed by atoms with Crippen LogP contribution in [-0.2, 0) is 9.59 Å². The van der Waals surface area contributed by atoms with Crippen molar-refractivity contribution in [1.29, 1.82) is 0 Å². The van der Waals surface area contributed by atoms with Crippen molar-refractivity contribution in [2.45, 2.75) is 20.8 Å². The molecule has 0 aromatic heterocycles. The van der Waals surface area contributed by atoms with Gasteiger partial charge in [0.2, 0.25) is 0 Å². The fourth-order valence-corrected chi connectivity index (χ4v) is 5.38. The normalized spacial score (nSPS) is 14.3. The molecule has 1 aliphatic rings. The minimum Gasteiger partial charge on any atom is -0.493 e. The Bertz CT molecular complexity index is 1420. The van der Waals surface area contributed by atoms with E-state index in [9.17, 15) is 9.59 Å². The Morgan fingerprint density at radius 3 is 2.46 bits per heavy atom. The first kappa shape index (κ1) is 26.7. The van der Waals surface area contributed by atoms with Crippen LogP contribution in [0.2, 0.25) is 5.02 Å². The maximum absolute atomic E-state index is 13.2. The van der Waals surface area contributed by atoms with Crippen LogP contribution in [0.4, 0.5) is 11.4 Å². The third kappa shape index (κ3) is 6.15. The number of nitrogens with zero attached hydrogens (tertiary/aromatic N) is 1. The van der Waals surface area contributed by atoms with Crippen LogP contribution in [0.3, 0.4) is 0 Å². The first-order chi connectivity index (χ1) is 17.7. The number of anilines is 2. The van der Waals surface area contributed by atoms with Crippen LogP contribution in [0.5, 0.6) is 11.5 Å². The summed E-state index contributed by atoms with van der Waals surface area (Å²) in [5.41, 5.74) is 5.25. The molecule has 3 aromatic carbocycles. The Balaban J connectivity index is 1.51. The van der Waals surface area contributed by atoms with Gasteiger partial charge in [-0.05, 0) is 68.3 Å². The van der Waals surface area contributed by atoms with E-state index < -0.39 is 0 Å². The van der Waals surface area contributed by atoms with Crippen molar-refractivity contribution >= 4 is 69.2 Å². The molecule has 1 saturated heterocycles. The van der Waals surface area contributed by atoms with E-state index in [4.69, 9.17) is 33.3 Å². The Hall–Kier alpha value is -3.33. The van der Waals surface area contributed by atoms with Gasteiger partial charge < -0.3 is 14.8 Å². The monoisotopic (exact) mass is 552 g/mol. The molecule has 4 rings (SSSR count). The number of ether oxygens (including phenoxy) is 2. The van der Waals surface area contributed by atoms with Gasteiger partial charge in [-0.1, -0.05) is 71.0 Å². The summed E-state index contributed by atoms with van der Waals surface area (Å²) in [6.45, 7) is 5.67. The molecular weight excluding hydrogens is 528 g/mol. The first-order valence-corrected chi connectivity index (χ1v) is 13.0. The molecule has 9 heteroatoms. The highest BCUT2D eigenvalue weighted by Crippen LogP contribution is 2.40. The van der Waals surface area contributed by atoms with E-state index in [1.807, 2.05) is 63.2 Å². The summed E-state index contributed by atoms with van der Waals surface area (Å²) in [7, 11) is 1.48. The van der Waals surface area contributed by atoms with Gasteiger partial charge in [0.05, 0.1) is 22.7 Å². The number of benzene rings is 3. The van der Waals surface area contributed by atoms with Gasteiger partial charge in [0.15, 0.2) is 22.4 Å². The predicted octanol–water partition coefficient (Wildman–Crippen LogP) is 6.70. The Kier molecular flexibility index (Phi) is 8.22. The minimum absolute atomic E-state index is 0.204. The average molecular weight is 553 g/mol. The summed E-state index contributed by atoms with van der Waals surface area (Å²) in [4.78, 5) is 27.6. The third-order valence-corrected chi connectivity index (χ3v) is 7.20. The van der Waals surface area contributed by atoms with Gasteiger partial charge in [0.25, 0.3) is 11.8 Å². The van der Waals surface area contributed by atoms with E-state index in [0.717, 1.165) is 22.4 Å². The number of methoxy groups -OCH3 is 1. The maximum Gasteiger partial charge on any atom is 0.270 e. The number of carbonyl (C=O) groups is 2. The average Bonchev–Trinajstić information content (AvgIpc) is 3.12. The van der Waals surface area contributed by atoms with Gasteiger partial charge in [-0.25, -0.2) is 0 Å². The van der Waals surface area contributed by atoms with Crippen LogP contribution in [-0.4, -0.2) is 29.9 Å². The Morgan fingerprint density at radius 1 is 1.08 bits per heavy atom. The van der Waals surface area contributed by atoms with Crippen LogP contribution >= 0.6 is 35.6 Å². The molecule has 1 N–H and O–H groups in total. The topological polar surface area (TPSA) is 67.9 Å². The van der Waals surface area contributed by atoms with Gasteiger partial charge in [0, 0.05) is 5.69 Å². The van der Waals surface area contributed by atoms with Crippen LogP contribution < -0.4 is 19.7 Å². The van der Waals surface area contributed by atoms with Gasteiger partial charge in [-0.2, -0.15) is 0 Å². The van der Waals surface area contributed by atoms with Crippen molar-refractivity contribution < 1.29 is 19.1 Å². The number of thiocarbonyl (C=S) groups is 1. The third-order valence-electron chi connectivity index (χ3n) is 5.62. The Labute approximate surface area is 230 Å². The lowest BCUT2D eigenvalue weighted by Gasteiger charge is -2.17. The van der Waals surface area contributed by atoms with Crippen molar-refractivity contribution in [2.75, 3.05) is 23.9 Å². The lowest BCUT2D eigenvalue weighted by Crippen LogP contribution is -2.28. The fourth-order valence-electron chi connectivity index (χ4n) is 3.82. The molecule has 0 unspecified atom stereocenters. The molecule has 0 spiro atoms. The highest BCUT2D eigenvalue weighted by atomic mass is 35.5. The molecule has 2 amide bonds. The zero-order chi connectivity index (χ0) is 26.7. The van der Waals surface area contributed by atoms with Crippen molar-refractivity contribution in [3.05, 3.63) is 86.8 Å². The summed E-state index contributed by atoms with van der Waals surface area (Å²) in [6, 6.07) is 16.7. The van der Waals surface area contributed by atoms with Crippen LogP contribution in [0.15, 0.2) is 59.5 Å². The highest BCUT2D eigenvalue weighted by Gasteiger charge is 2.34. The number of rotatable bonds is 7. The molecule has 0 atom stereocenters. The van der Waals surface area contributed by atoms with E-state index in [2.05, 4.69) is 5.32 Å². The molecule has 1 heterocycles. The zero-order valence-electron chi connectivity index (χ0n) is 20.8. The molecular formula is C28H25ClN2O4S2. The zero-order valence-corrected chi connectivity index (χ0v) is 23.1. The standard InChI is InChI=1S/C28H25ClN2O4S2/c1-16-5-8-20(9-6-16)30-25(32)15-35-26-21(29)12-19(13-23(26)34-4)14-24-27(33)31(28(36)37-24)22-10-7-17(2)11-18(22)3/h5-14H,15H2,1-4H3,(H,30,32)/b24-14-. The van der Waals surface area contributed by atoms with E-state index >= 15 is 0 Å². The number of halogens is 1. The first-order valence-electron chi connectivity index (χ1n) is 11.4. The van der Waals surface area contributed by atoms with E-state index in [1.165, 1.54) is 18.9 Å². The molecule has 0 aliphatic carbocycles. The minimum atomic E-state index is -0.332. The highest BCUT2D eigenvalue weighted by molar-refractivity contribution is 8.27. The molecule has 0 bridgehead atoms. The SMILES string of the molecule is COc1cc(/C=C2\SC(=S)N(c3ccc(C)cc3C)C2=O)cc(Cl)c1OCC(=O)Nc1ccc(C)cc1. The second-order valence-electron chi connectivity index (χ2n) is 8.54. The summed E-state index contributed by atoms with van der Waals surface area (Å²) in [5.74, 6) is 0.0428. The van der Waals surface area contributed by atoms with Crippen LogP contribution in [0.25, 0.3) is 6.08 Å². The lowest BCUT2D eigenvalue weighted by molar-refractivity contribution is -0.118. The van der Waals surface area contributed by atoms with Crippen LogP contribution in [0, 0.1) is 20.8 Å². The van der Waals surface area contributed by atoms with Gasteiger partial charge in [-0.15, -0.1) is 0 Å². The van der Waals surface area contributed by atoms with E-state index in [-0.39, 0.29) is 29.2 Å². The Morgan fingerprint density at radius 2 is 1.78 bits per heavy atom. The number of thioether (sulfide) groups is 1. The largest absolute Gasteiger partial charge is 0.493 e. The van der Waals surface area contributed by atoms with E-state index in [1.54, 1.807) is 23.1 Å². The van der Waals surface area contributed by atoms with E-state index in [0.29, 0.717) is 26.2 Å². The summed E-state index contributed by atoms with van der Waals surface area (Å²) < 4.78 is 11.6. The van der Waals surface area contributed by atoms with Crippen molar-refractivity contribution in [3.63, 3.8) is 0 Å². The number of hydrogen-bond donors (Lipinski definition) is 1. The van der Waals surface area contributed by atoms with Crippen molar-refractivity contribution in [1.82, 2.24) is 0 Å². The molecule has 190 valence electrons. The second kappa shape index (κ2) is 11.4. The summed E-state index contributed by atoms with van der Waals surface area (Å²) in [5, 5.41) is 3.02. The lowest BCUT2D eigenvalue weighted by atomic mass is 10.1.